The highest BCUT2D eigenvalue weighted by atomic mass is 32.2. The fourth-order valence-corrected chi connectivity index (χ4v) is 4.28. The molecule has 1 amide bonds. The summed E-state index contributed by atoms with van der Waals surface area (Å²) in [6.45, 7) is 2.56. The van der Waals surface area contributed by atoms with Gasteiger partial charge < -0.3 is 5.32 Å². The van der Waals surface area contributed by atoms with Crippen LogP contribution >= 0.6 is 11.8 Å². The number of carbonyl (C=O) groups excluding carboxylic acids is 2. The van der Waals surface area contributed by atoms with Crippen LogP contribution in [-0.4, -0.2) is 27.0 Å². The zero-order chi connectivity index (χ0) is 23.0. The number of nitrogens with zero attached hydrogens (tertiary/aromatic N) is 2. The summed E-state index contributed by atoms with van der Waals surface area (Å²) in [5.41, 5.74) is 4.35. The molecule has 166 valence electrons. The number of Topliss-reactive ketones (excluding diaryl/α,β-unsaturated/α-hetero) is 1. The van der Waals surface area contributed by atoms with Crippen molar-refractivity contribution in [2.24, 2.45) is 0 Å². The van der Waals surface area contributed by atoms with Crippen LogP contribution in [-0.2, 0) is 13.0 Å². The molecule has 0 saturated carbocycles. The van der Waals surface area contributed by atoms with Gasteiger partial charge in [-0.15, -0.1) is 0 Å². The van der Waals surface area contributed by atoms with Gasteiger partial charge in [0.25, 0.3) is 5.91 Å². The van der Waals surface area contributed by atoms with Gasteiger partial charge in [0.05, 0.1) is 5.75 Å². The highest BCUT2D eigenvalue weighted by molar-refractivity contribution is 7.99. The number of benzene rings is 3. The topological polar surface area (TPSA) is 64.0 Å². The minimum atomic E-state index is -0.138. The lowest BCUT2D eigenvalue weighted by molar-refractivity contribution is 0.0950. The number of aromatic nitrogens is 2. The van der Waals surface area contributed by atoms with Crippen LogP contribution in [0.4, 0.5) is 0 Å². The molecule has 0 bridgehead atoms. The standard InChI is InChI=1S/C27H25N3O2S/c1-2-20-11-13-22(14-12-20)25(31)19-33-27-28-15-16-30(27)24-10-6-9-23(17-24)26(32)29-18-21-7-4-3-5-8-21/h3-17H,2,18-19H2,1H3,(H,29,32). The molecule has 0 aliphatic carbocycles. The first-order chi connectivity index (χ1) is 16.1. The first kappa shape index (κ1) is 22.6. The molecule has 1 heterocycles. The quantitative estimate of drug-likeness (QED) is 0.273. The van der Waals surface area contributed by atoms with E-state index < -0.39 is 0 Å². The van der Waals surface area contributed by atoms with Crippen molar-refractivity contribution in [2.45, 2.75) is 25.0 Å². The van der Waals surface area contributed by atoms with Gasteiger partial charge in [0.1, 0.15) is 0 Å². The normalized spacial score (nSPS) is 10.7. The molecule has 33 heavy (non-hydrogen) atoms. The second kappa shape index (κ2) is 10.8. The van der Waals surface area contributed by atoms with Crippen LogP contribution in [0.25, 0.3) is 5.69 Å². The third-order valence-electron chi connectivity index (χ3n) is 5.31. The van der Waals surface area contributed by atoms with E-state index in [2.05, 4.69) is 17.2 Å². The first-order valence-corrected chi connectivity index (χ1v) is 11.8. The number of hydrogen-bond donors (Lipinski definition) is 1. The van der Waals surface area contributed by atoms with Gasteiger partial charge >= 0.3 is 0 Å². The minimum Gasteiger partial charge on any atom is -0.348 e. The molecule has 0 spiro atoms. The molecule has 1 N–H and O–H groups in total. The lowest BCUT2D eigenvalue weighted by Gasteiger charge is -2.10. The highest BCUT2D eigenvalue weighted by Gasteiger charge is 2.13. The van der Waals surface area contributed by atoms with Crippen LogP contribution in [0, 0.1) is 0 Å². The zero-order valence-corrected chi connectivity index (χ0v) is 19.2. The Morgan fingerprint density at radius 3 is 2.45 bits per heavy atom. The smallest absolute Gasteiger partial charge is 0.251 e. The van der Waals surface area contributed by atoms with Crippen molar-refractivity contribution < 1.29 is 9.59 Å². The van der Waals surface area contributed by atoms with Crippen LogP contribution in [0.2, 0.25) is 0 Å². The second-order valence-electron chi connectivity index (χ2n) is 7.56. The maximum atomic E-state index is 12.7. The summed E-state index contributed by atoms with van der Waals surface area (Å²) in [5, 5.41) is 3.66. The SMILES string of the molecule is CCc1ccc(C(=O)CSc2nccn2-c2cccc(C(=O)NCc3ccccc3)c2)cc1. The van der Waals surface area contributed by atoms with E-state index in [0.717, 1.165) is 17.7 Å². The molecule has 1 aromatic heterocycles. The van der Waals surface area contributed by atoms with Crippen molar-refractivity contribution in [3.05, 3.63) is 114 Å². The van der Waals surface area contributed by atoms with E-state index in [-0.39, 0.29) is 11.7 Å². The average Bonchev–Trinajstić information content (AvgIpc) is 3.35. The number of thioether (sulfide) groups is 1. The summed E-state index contributed by atoms with van der Waals surface area (Å²) < 4.78 is 1.89. The monoisotopic (exact) mass is 455 g/mol. The molecular formula is C27H25N3O2S. The Bertz CT molecular complexity index is 1230. The van der Waals surface area contributed by atoms with Crippen LogP contribution in [0.1, 0.15) is 38.8 Å². The Kier molecular flexibility index (Phi) is 7.37. The van der Waals surface area contributed by atoms with Crippen molar-refractivity contribution in [3.63, 3.8) is 0 Å². The van der Waals surface area contributed by atoms with E-state index in [0.29, 0.717) is 28.6 Å². The number of ketones is 1. The molecule has 0 unspecified atom stereocenters. The number of carbonyl (C=O) groups is 2. The van der Waals surface area contributed by atoms with Crippen molar-refractivity contribution >= 4 is 23.5 Å². The third-order valence-corrected chi connectivity index (χ3v) is 6.27. The van der Waals surface area contributed by atoms with E-state index in [1.165, 1.54) is 17.3 Å². The molecule has 3 aromatic carbocycles. The van der Waals surface area contributed by atoms with Gasteiger partial charge in [0, 0.05) is 35.8 Å². The fourth-order valence-electron chi connectivity index (χ4n) is 3.41. The molecule has 0 aliphatic rings. The number of aryl methyl sites for hydroxylation is 1. The minimum absolute atomic E-state index is 0.0613. The summed E-state index contributed by atoms with van der Waals surface area (Å²) in [5.74, 6) is 0.215. The number of nitrogens with one attached hydrogen (secondary N) is 1. The third kappa shape index (κ3) is 5.79. The summed E-state index contributed by atoms with van der Waals surface area (Å²) in [6.07, 6.45) is 4.48. The van der Waals surface area contributed by atoms with Crippen LogP contribution in [0.15, 0.2) is 96.4 Å². The van der Waals surface area contributed by atoms with E-state index in [4.69, 9.17) is 0 Å². The van der Waals surface area contributed by atoms with Crippen molar-refractivity contribution in [3.8, 4) is 5.69 Å². The highest BCUT2D eigenvalue weighted by Crippen LogP contribution is 2.22. The molecule has 0 saturated heterocycles. The number of imidazole rings is 1. The van der Waals surface area contributed by atoms with Crippen molar-refractivity contribution in [1.29, 1.82) is 0 Å². The molecule has 0 atom stereocenters. The van der Waals surface area contributed by atoms with Gasteiger partial charge in [-0.05, 0) is 35.7 Å². The van der Waals surface area contributed by atoms with Gasteiger partial charge in [-0.2, -0.15) is 0 Å². The maximum absolute atomic E-state index is 12.7. The Morgan fingerprint density at radius 2 is 1.70 bits per heavy atom. The Balaban J connectivity index is 1.42. The molecule has 0 aliphatic heterocycles. The van der Waals surface area contributed by atoms with Crippen LogP contribution < -0.4 is 5.32 Å². The molecule has 0 radical (unpaired) electrons. The zero-order valence-electron chi connectivity index (χ0n) is 18.4. The predicted molar refractivity (Wildman–Crippen MR) is 132 cm³/mol. The number of hydrogen-bond acceptors (Lipinski definition) is 4. The lowest BCUT2D eigenvalue weighted by atomic mass is 10.1. The Hall–Kier alpha value is -3.64. The molecule has 6 heteroatoms. The summed E-state index contributed by atoms with van der Waals surface area (Å²) in [7, 11) is 0. The second-order valence-corrected chi connectivity index (χ2v) is 8.50. The van der Waals surface area contributed by atoms with Gasteiger partial charge in [0.2, 0.25) is 0 Å². The molecular weight excluding hydrogens is 430 g/mol. The molecule has 0 fully saturated rings. The summed E-state index contributed by atoms with van der Waals surface area (Å²) >= 11 is 1.38. The van der Waals surface area contributed by atoms with Gasteiger partial charge in [-0.1, -0.05) is 79.3 Å². The fraction of sp³-hybridized carbons (Fsp3) is 0.148. The summed E-state index contributed by atoms with van der Waals surface area (Å²) in [6, 6.07) is 24.9. The van der Waals surface area contributed by atoms with E-state index >= 15 is 0 Å². The Morgan fingerprint density at radius 1 is 0.909 bits per heavy atom. The van der Waals surface area contributed by atoms with E-state index in [9.17, 15) is 9.59 Å². The number of rotatable bonds is 9. The number of amides is 1. The molecule has 5 nitrogen and oxygen atoms in total. The maximum Gasteiger partial charge on any atom is 0.251 e. The van der Waals surface area contributed by atoms with E-state index in [1.807, 2.05) is 83.6 Å². The van der Waals surface area contributed by atoms with Crippen LogP contribution in [0.5, 0.6) is 0 Å². The van der Waals surface area contributed by atoms with Gasteiger partial charge in [0.15, 0.2) is 10.9 Å². The Labute approximate surface area is 197 Å². The predicted octanol–water partition coefficient (Wildman–Crippen LogP) is 5.34. The molecule has 4 aromatic rings. The van der Waals surface area contributed by atoms with Gasteiger partial charge in [-0.25, -0.2) is 4.98 Å². The lowest BCUT2D eigenvalue weighted by Crippen LogP contribution is -2.22. The van der Waals surface area contributed by atoms with Crippen molar-refractivity contribution in [2.75, 3.05) is 5.75 Å². The first-order valence-electron chi connectivity index (χ1n) is 10.8. The molecule has 4 rings (SSSR count). The van der Waals surface area contributed by atoms with Crippen molar-refractivity contribution in [1.82, 2.24) is 14.9 Å². The van der Waals surface area contributed by atoms with Crippen LogP contribution in [0.3, 0.4) is 0 Å². The van der Waals surface area contributed by atoms with Gasteiger partial charge in [-0.3, -0.25) is 14.2 Å². The summed E-state index contributed by atoms with van der Waals surface area (Å²) in [4.78, 5) is 29.7. The van der Waals surface area contributed by atoms with E-state index in [1.54, 1.807) is 12.3 Å². The largest absolute Gasteiger partial charge is 0.348 e. The average molecular weight is 456 g/mol.